The van der Waals surface area contributed by atoms with E-state index < -0.39 is 0 Å². The molecule has 104 valence electrons. The summed E-state index contributed by atoms with van der Waals surface area (Å²) in [6.07, 6.45) is 0. The number of carbonyl (C=O) groups excluding carboxylic acids is 1. The van der Waals surface area contributed by atoms with E-state index in [4.69, 9.17) is 23.2 Å². The summed E-state index contributed by atoms with van der Waals surface area (Å²) in [5.41, 5.74) is 1.51. The number of benzene rings is 1. The molecule has 1 aromatic heterocycles. The minimum Gasteiger partial charge on any atom is -0.319 e. The van der Waals surface area contributed by atoms with Crippen LogP contribution in [0.1, 0.15) is 35.9 Å². The molecule has 0 aliphatic heterocycles. The number of rotatable bonds is 3. The van der Waals surface area contributed by atoms with Gasteiger partial charge in [0.1, 0.15) is 0 Å². The van der Waals surface area contributed by atoms with Crippen LogP contribution >= 0.6 is 23.2 Å². The number of nitrogens with zero attached hydrogens (tertiary/aromatic N) is 2. The third kappa shape index (κ3) is 3.26. The molecule has 0 aliphatic carbocycles. The Hall–Kier alpha value is -1.65. The van der Waals surface area contributed by atoms with Crippen molar-refractivity contribution in [2.75, 3.05) is 5.32 Å². The zero-order chi connectivity index (χ0) is 14.7. The SMILES string of the molecule is CC(C)c1ccc(C(=O)Nc2cccc(Cl)c2Cl)nn1. The Kier molecular flexibility index (Phi) is 4.57. The van der Waals surface area contributed by atoms with Crippen molar-refractivity contribution in [3.8, 4) is 0 Å². The Balaban J connectivity index is 2.18. The molecule has 1 N–H and O–H groups in total. The molecule has 0 unspecified atom stereocenters. The molecule has 1 heterocycles. The first kappa shape index (κ1) is 14.8. The van der Waals surface area contributed by atoms with E-state index in [1.807, 2.05) is 13.8 Å². The average molecular weight is 310 g/mol. The standard InChI is InChI=1S/C14H13Cl2N3O/c1-8(2)10-6-7-12(19-18-10)14(20)17-11-5-3-4-9(15)13(11)16/h3-8H,1-2H3,(H,17,20). The number of halogens is 2. The van der Waals surface area contributed by atoms with Crippen molar-refractivity contribution in [3.05, 3.63) is 51.8 Å². The van der Waals surface area contributed by atoms with Crippen LogP contribution in [0.2, 0.25) is 10.0 Å². The second-order valence-electron chi connectivity index (χ2n) is 4.55. The summed E-state index contributed by atoms with van der Waals surface area (Å²) in [7, 11) is 0. The van der Waals surface area contributed by atoms with Crippen molar-refractivity contribution in [2.24, 2.45) is 0 Å². The molecule has 1 aromatic carbocycles. The van der Waals surface area contributed by atoms with Crippen LogP contribution in [0.5, 0.6) is 0 Å². The molecule has 0 aliphatic rings. The molecule has 0 bridgehead atoms. The highest BCUT2D eigenvalue weighted by molar-refractivity contribution is 6.44. The second-order valence-corrected chi connectivity index (χ2v) is 5.34. The number of hydrogen-bond acceptors (Lipinski definition) is 3. The van der Waals surface area contributed by atoms with E-state index in [0.29, 0.717) is 15.7 Å². The van der Waals surface area contributed by atoms with E-state index in [9.17, 15) is 4.79 Å². The first-order valence-electron chi connectivity index (χ1n) is 6.08. The van der Waals surface area contributed by atoms with Crippen molar-refractivity contribution in [1.82, 2.24) is 10.2 Å². The third-order valence-corrected chi connectivity index (χ3v) is 3.53. The monoisotopic (exact) mass is 309 g/mol. The quantitative estimate of drug-likeness (QED) is 0.926. The predicted octanol–water partition coefficient (Wildman–Crippen LogP) is 4.16. The van der Waals surface area contributed by atoms with Gasteiger partial charge in [-0.2, -0.15) is 5.10 Å². The molecule has 20 heavy (non-hydrogen) atoms. The fourth-order valence-corrected chi connectivity index (χ4v) is 1.91. The largest absolute Gasteiger partial charge is 0.319 e. The minimum absolute atomic E-state index is 0.227. The lowest BCUT2D eigenvalue weighted by atomic mass is 10.1. The van der Waals surface area contributed by atoms with Crippen LogP contribution in [0.3, 0.4) is 0 Å². The van der Waals surface area contributed by atoms with Crippen LogP contribution in [-0.2, 0) is 0 Å². The predicted molar refractivity (Wildman–Crippen MR) is 80.5 cm³/mol. The maximum atomic E-state index is 12.0. The van der Waals surface area contributed by atoms with Crippen molar-refractivity contribution in [2.45, 2.75) is 19.8 Å². The fraction of sp³-hybridized carbons (Fsp3) is 0.214. The van der Waals surface area contributed by atoms with Crippen molar-refractivity contribution < 1.29 is 4.79 Å². The normalized spacial score (nSPS) is 10.7. The summed E-state index contributed by atoms with van der Waals surface area (Å²) in [6.45, 7) is 4.02. The summed E-state index contributed by atoms with van der Waals surface area (Å²) >= 11 is 11.9. The summed E-state index contributed by atoms with van der Waals surface area (Å²) in [6, 6.07) is 8.44. The zero-order valence-electron chi connectivity index (χ0n) is 11.0. The van der Waals surface area contributed by atoms with E-state index in [2.05, 4.69) is 15.5 Å². The Morgan fingerprint density at radius 2 is 1.90 bits per heavy atom. The van der Waals surface area contributed by atoms with Gasteiger partial charge in [-0.1, -0.05) is 43.1 Å². The number of carbonyl (C=O) groups is 1. The average Bonchev–Trinajstić information content (AvgIpc) is 2.44. The first-order valence-corrected chi connectivity index (χ1v) is 6.83. The topological polar surface area (TPSA) is 54.9 Å². The van der Waals surface area contributed by atoms with E-state index in [-0.39, 0.29) is 17.5 Å². The highest BCUT2D eigenvalue weighted by atomic mass is 35.5. The lowest BCUT2D eigenvalue weighted by molar-refractivity contribution is 0.102. The van der Waals surface area contributed by atoms with Crippen LogP contribution in [0, 0.1) is 0 Å². The summed E-state index contributed by atoms with van der Waals surface area (Å²) in [4.78, 5) is 12.0. The van der Waals surface area contributed by atoms with Crippen LogP contribution in [-0.4, -0.2) is 16.1 Å². The molecule has 2 aromatic rings. The van der Waals surface area contributed by atoms with Crippen LogP contribution in [0.25, 0.3) is 0 Å². The van der Waals surface area contributed by atoms with Gasteiger partial charge < -0.3 is 5.32 Å². The van der Waals surface area contributed by atoms with Gasteiger partial charge in [-0.15, -0.1) is 5.10 Å². The molecular formula is C14H13Cl2N3O. The van der Waals surface area contributed by atoms with Crippen LogP contribution < -0.4 is 5.32 Å². The van der Waals surface area contributed by atoms with E-state index in [1.54, 1.807) is 30.3 Å². The number of hydrogen-bond donors (Lipinski definition) is 1. The molecular weight excluding hydrogens is 297 g/mol. The molecule has 1 amide bonds. The Morgan fingerprint density at radius 1 is 1.15 bits per heavy atom. The summed E-state index contributed by atoms with van der Waals surface area (Å²) < 4.78 is 0. The molecule has 0 fully saturated rings. The van der Waals surface area contributed by atoms with Crippen molar-refractivity contribution >= 4 is 34.8 Å². The third-order valence-electron chi connectivity index (χ3n) is 2.71. The molecule has 6 heteroatoms. The Labute approximate surface area is 127 Å². The zero-order valence-corrected chi connectivity index (χ0v) is 12.5. The number of aromatic nitrogens is 2. The maximum absolute atomic E-state index is 12.0. The van der Waals surface area contributed by atoms with Gasteiger partial charge in [0, 0.05) is 0 Å². The van der Waals surface area contributed by atoms with Crippen molar-refractivity contribution in [3.63, 3.8) is 0 Å². The summed E-state index contributed by atoms with van der Waals surface area (Å²) in [5.74, 6) is -0.112. The molecule has 0 radical (unpaired) electrons. The van der Waals surface area contributed by atoms with Gasteiger partial charge >= 0.3 is 0 Å². The van der Waals surface area contributed by atoms with Gasteiger partial charge in [0.2, 0.25) is 0 Å². The Bertz CT molecular complexity index is 627. The molecule has 4 nitrogen and oxygen atoms in total. The number of anilines is 1. The minimum atomic E-state index is -0.378. The fourth-order valence-electron chi connectivity index (χ4n) is 1.56. The number of nitrogens with one attached hydrogen (secondary N) is 1. The first-order chi connectivity index (χ1) is 9.49. The molecule has 0 saturated heterocycles. The van der Waals surface area contributed by atoms with Crippen LogP contribution in [0.15, 0.2) is 30.3 Å². The van der Waals surface area contributed by atoms with Gasteiger partial charge in [-0.25, -0.2) is 0 Å². The van der Waals surface area contributed by atoms with Crippen LogP contribution in [0.4, 0.5) is 5.69 Å². The highest BCUT2D eigenvalue weighted by Crippen LogP contribution is 2.29. The lowest BCUT2D eigenvalue weighted by Gasteiger charge is -2.08. The molecule has 0 saturated carbocycles. The smallest absolute Gasteiger partial charge is 0.276 e. The van der Waals surface area contributed by atoms with Crippen molar-refractivity contribution in [1.29, 1.82) is 0 Å². The molecule has 0 atom stereocenters. The van der Waals surface area contributed by atoms with E-state index in [1.165, 1.54) is 0 Å². The van der Waals surface area contributed by atoms with Gasteiger partial charge in [0.05, 0.1) is 21.4 Å². The highest BCUT2D eigenvalue weighted by Gasteiger charge is 2.12. The lowest BCUT2D eigenvalue weighted by Crippen LogP contribution is -2.15. The van der Waals surface area contributed by atoms with Gasteiger partial charge in [0.15, 0.2) is 5.69 Å². The van der Waals surface area contributed by atoms with Gasteiger partial charge in [-0.05, 0) is 30.2 Å². The van der Waals surface area contributed by atoms with E-state index in [0.717, 1.165) is 5.69 Å². The van der Waals surface area contributed by atoms with Gasteiger partial charge in [0.25, 0.3) is 5.91 Å². The number of amides is 1. The van der Waals surface area contributed by atoms with E-state index >= 15 is 0 Å². The maximum Gasteiger partial charge on any atom is 0.276 e. The summed E-state index contributed by atoms with van der Waals surface area (Å²) in [5, 5.41) is 11.3. The molecule has 2 rings (SSSR count). The molecule has 0 spiro atoms. The Morgan fingerprint density at radius 3 is 2.50 bits per heavy atom. The van der Waals surface area contributed by atoms with Gasteiger partial charge in [-0.3, -0.25) is 4.79 Å². The second kappa shape index (κ2) is 6.20.